The van der Waals surface area contributed by atoms with Crippen LogP contribution in [-0.2, 0) is 14.3 Å². The molecule has 10 heteroatoms. The van der Waals surface area contributed by atoms with Gasteiger partial charge in [0.2, 0.25) is 11.0 Å². The van der Waals surface area contributed by atoms with Crippen LogP contribution in [0.15, 0.2) is 28.6 Å². The molecule has 1 aromatic carbocycles. The molecule has 2 aromatic rings. The normalized spacial score (nSPS) is 11.9. The molecule has 2 N–H and O–H groups in total. The Hall–Kier alpha value is -2.20. The average Bonchev–Trinajstić information content (AvgIpc) is 3.05. The first kappa shape index (κ1) is 21.1. The highest BCUT2D eigenvalue weighted by Gasteiger charge is 2.22. The standard InChI is InChI=1S/C17H21FN4O3S2/c1-10(2)7-13(15(24)25-3)20-14(23)9-26-17-22-21-16(27-17)19-12-6-4-5-11(18)8-12/h4-6,8,10,13H,7,9H2,1-3H3,(H,19,21)(H,20,23)/t13-/m0/s1. The van der Waals surface area contributed by atoms with Gasteiger partial charge in [0.05, 0.1) is 12.9 Å². The third-order valence-corrected chi connectivity index (χ3v) is 5.31. The molecule has 0 aliphatic rings. The summed E-state index contributed by atoms with van der Waals surface area (Å²) in [6.45, 7) is 3.93. The van der Waals surface area contributed by atoms with Gasteiger partial charge in [0.1, 0.15) is 11.9 Å². The van der Waals surface area contributed by atoms with Gasteiger partial charge >= 0.3 is 5.97 Å². The molecule has 1 atom stereocenters. The van der Waals surface area contributed by atoms with E-state index in [0.29, 0.717) is 21.6 Å². The second-order valence-corrected chi connectivity index (χ2v) is 8.27. The lowest BCUT2D eigenvalue weighted by molar-refractivity contribution is -0.145. The van der Waals surface area contributed by atoms with Gasteiger partial charge in [-0.2, -0.15) is 0 Å². The van der Waals surface area contributed by atoms with Crippen molar-refractivity contribution >= 4 is 45.8 Å². The molecule has 0 saturated heterocycles. The maximum Gasteiger partial charge on any atom is 0.328 e. The predicted octanol–water partition coefficient (Wildman–Crippen LogP) is 3.22. The van der Waals surface area contributed by atoms with E-state index in [1.54, 1.807) is 12.1 Å². The Bertz CT molecular complexity index is 785. The van der Waals surface area contributed by atoms with Gasteiger partial charge in [0, 0.05) is 5.69 Å². The third kappa shape index (κ3) is 7.14. The molecule has 146 valence electrons. The molecule has 2 rings (SSSR count). The number of hydrogen-bond donors (Lipinski definition) is 2. The van der Waals surface area contributed by atoms with Crippen LogP contribution in [-0.4, -0.2) is 41.0 Å². The fourth-order valence-corrected chi connectivity index (χ4v) is 3.78. The number of aromatic nitrogens is 2. The second-order valence-electron chi connectivity index (χ2n) is 6.07. The van der Waals surface area contributed by atoms with Crippen LogP contribution < -0.4 is 10.6 Å². The van der Waals surface area contributed by atoms with E-state index in [9.17, 15) is 14.0 Å². The summed E-state index contributed by atoms with van der Waals surface area (Å²) in [5, 5.41) is 14.1. The maximum atomic E-state index is 13.2. The van der Waals surface area contributed by atoms with Crippen molar-refractivity contribution in [3.8, 4) is 0 Å². The van der Waals surface area contributed by atoms with Crippen molar-refractivity contribution in [3.63, 3.8) is 0 Å². The van der Waals surface area contributed by atoms with Gasteiger partial charge in [-0.1, -0.05) is 43.0 Å². The van der Waals surface area contributed by atoms with Crippen LogP contribution in [0.4, 0.5) is 15.2 Å². The maximum absolute atomic E-state index is 13.2. The van der Waals surface area contributed by atoms with E-state index in [0.717, 1.165) is 0 Å². The van der Waals surface area contributed by atoms with E-state index >= 15 is 0 Å². The summed E-state index contributed by atoms with van der Waals surface area (Å²) in [4.78, 5) is 23.9. The highest BCUT2D eigenvalue weighted by molar-refractivity contribution is 8.01. The number of hydrogen-bond acceptors (Lipinski definition) is 8. The predicted molar refractivity (Wildman–Crippen MR) is 104 cm³/mol. The van der Waals surface area contributed by atoms with Crippen LogP contribution in [0.25, 0.3) is 0 Å². The van der Waals surface area contributed by atoms with Crippen molar-refractivity contribution in [3.05, 3.63) is 30.1 Å². The van der Waals surface area contributed by atoms with E-state index in [4.69, 9.17) is 4.74 Å². The zero-order valence-electron chi connectivity index (χ0n) is 15.2. The third-order valence-electron chi connectivity index (χ3n) is 3.34. The van der Waals surface area contributed by atoms with Crippen LogP contribution in [0.2, 0.25) is 0 Å². The number of carbonyl (C=O) groups is 2. The number of thioether (sulfide) groups is 1. The Morgan fingerprint density at radius 1 is 1.33 bits per heavy atom. The second kappa shape index (κ2) is 10.2. The minimum absolute atomic E-state index is 0.0974. The zero-order chi connectivity index (χ0) is 19.8. The van der Waals surface area contributed by atoms with Crippen LogP contribution in [0.3, 0.4) is 0 Å². The van der Waals surface area contributed by atoms with E-state index in [1.807, 2.05) is 13.8 Å². The number of methoxy groups -OCH3 is 1. The number of benzene rings is 1. The van der Waals surface area contributed by atoms with Crippen LogP contribution in [0.5, 0.6) is 0 Å². The van der Waals surface area contributed by atoms with Crippen molar-refractivity contribution in [2.45, 2.75) is 30.6 Å². The fraction of sp³-hybridized carbons (Fsp3) is 0.412. The Labute approximate surface area is 165 Å². The summed E-state index contributed by atoms with van der Waals surface area (Å²) >= 11 is 2.46. The number of nitrogens with one attached hydrogen (secondary N) is 2. The van der Waals surface area contributed by atoms with Gasteiger partial charge in [0.15, 0.2) is 4.34 Å². The molecule has 1 aromatic heterocycles. The summed E-state index contributed by atoms with van der Waals surface area (Å²) in [6, 6.07) is 5.35. The number of carbonyl (C=O) groups excluding carboxylic acids is 2. The van der Waals surface area contributed by atoms with Gasteiger partial charge in [-0.3, -0.25) is 4.79 Å². The number of nitrogens with zero attached hydrogens (tertiary/aromatic N) is 2. The minimum Gasteiger partial charge on any atom is -0.467 e. The Kier molecular flexibility index (Phi) is 7.99. The van der Waals surface area contributed by atoms with E-state index in [-0.39, 0.29) is 23.4 Å². The van der Waals surface area contributed by atoms with Crippen molar-refractivity contribution in [1.82, 2.24) is 15.5 Å². The van der Waals surface area contributed by atoms with E-state index < -0.39 is 12.0 Å². The summed E-state index contributed by atoms with van der Waals surface area (Å²) < 4.78 is 18.5. The van der Waals surface area contributed by atoms with Gasteiger partial charge in [-0.05, 0) is 30.5 Å². The first-order valence-electron chi connectivity index (χ1n) is 8.23. The first-order valence-corrected chi connectivity index (χ1v) is 10.0. The molecule has 1 amide bonds. The van der Waals surface area contributed by atoms with Crippen molar-refractivity contribution in [2.75, 3.05) is 18.2 Å². The van der Waals surface area contributed by atoms with Crippen LogP contribution >= 0.6 is 23.1 Å². The lowest BCUT2D eigenvalue weighted by atomic mass is 10.0. The molecule has 0 aliphatic heterocycles. The molecule has 0 fully saturated rings. The largest absolute Gasteiger partial charge is 0.467 e. The molecular weight excluding hydrogens is 391 g/mol. The molecule has 0 saturated carbocycles. The SMILES string of the molecule is COC(=O)[C@H](CC(C)C)NC(=O)CSc1nnc(Nc2cccc(F)c2)s1. The lowest BCUT2D eigenvalue weighted by Crippen LogP contribution is -2.43. The Morgan fingerprint density at radius 2 is 2.11 bits per heavy atom. The van der Waals surface area contributed by atoms with Crippen molar-refractivity contribution in [2.24, 2.45) is 5.92 Å². The number of anilines is 2. The highest BCUT2D eigenvalue weighted by atomic mass is 32.2. The molecule has 0 spiro atoms. The molecule has 0 aliphatic carbocycles. The van der Waals surface area contributed by atoms with Gasteiger partial charge in [-0.15, -0.1) is 10.2 Å². The van der Waals surface area contributed by atoms with Crippen LogP contribution in [0.1, 0.15) is 20.3 Å². The smallest absolute Gasteiger partial charge is 0.328 e. The number of halogens is 1. The number of ether oxygens (including phenoxy) is 1. The van der Waals surface area contributed by atoms with E-state index in [2.05, 4.69) is 20.8 Å². The minimum atomic E-state index is -0.664. The molecule has 27 heavy (non-hydrogen) atoms. The number of esters is 1. The Morgan fingerprint density at radius 3 is 2.78 bits per heavy atom. The molecule has 0 radical (unpaired) electrons. The number of amides is 1. The topological polar surface area (TPSA) is 93.2 Å². The van der Waals surface area contributed by atoms with Gasteiger partial charge in [-0.25, -0.2) is 9.18 Å². The van der Waals surface area contributed by atoms with Crippen molar-refractivity contribution in [1.29, 1.82) is 0 Å². The summed E-state index contributed by atoms with van der Waals surface area (Å²) in [5.74, 6) is -0.760. The molecular formula is C17H21FN4O3S2. The molecule has 7 nitrogen and oxygen atoms in total. The molecule has 0 bridgehead atoms. The lowest BCUT2D eigenvalue weighted by Gasteiger charge is -2.17. The van der Waals surface area contributed by atoms with Gasteiger partial charge in [0.25, 0.3) is 0 Å². The Balaban J connectivity index is 1.86. The molecule has 0 unspecified atom stereocenters. The average molecular weight is 413 g/mol. The zero-order valence-corrected chi connectivity index (χ0v) is 16.8. The summed E-state index contributed by atoms with van der Waals surface area (Å²) in [7, 11) is 1.30. The highest BCUT2D eigenvalue weighted by Crippen LogP contribution is 2.27. The van der Waals surface area contributed by atoms with Crippen molar-refractivity contribution < 1.29 is 18.7 Å². The summed E-state index contributed by atoms with van der Waals surface area (Å²) in [6.07, 6.45) is 0.504. The van der Waals surface area contributed by atoms with Crippen LogP contribution in [0, 0.1) is 11.7 Å². The number of rotatable bonds is 9. The quantitative estimate of drug-likeness (QED) is 0.482. The summed E-state index contributed by atoms with van der Waals surface area (Å²) in [5.41, 5.74) is 0.565. The first-order chi connectivity index (χ1) is 12.9. The van der Waals surface area contributed by atoms with Gasteiger partial charge < -0.3 is 15.4 Å². The monoisotopic (exact) mass is 412 g/mol. The van der Waals surface area contributed by atoms with E-state index in [1.165, 1.54) is 42.3 Å². The fourth-order valence-electron chi connectivity index (χ4n) is 2.20. The molecule has 1 heterocycles.